The van der Waals surface area contributed by atoms with Crippen molar-refractivity contribution in [3.05, 3.63) is 90.4 Å². The van der Waals surface area contributed by atoms with Crippen LogP contribution in [0.2, 0.25) is 0 Å². The molecule has 202 valence electrons. The minimum Gasteiger partial charge on any atom is -0.488 e. The van der Waals surface area contributed by atoms with Crippen molar-refractivity contribution in [2.75, 3.05) is 6.61 Å². The van der Waals surface area contributed by atoms with E-state index in [1.165, 1.54) is 0 Å². The lowest BCUT2D eigenvalue weighted by Crippen LogP contribution is -2.29. The van der Waals surface area contributed by atoms with Crippen molar-refractivity contribution < 1.29 is 23.8 Å². The second-order valence-electron chi connectivity index (χ2n) is 11.3. The number of pyridine rings is 2. The van der Waals surface area contributed by atoms with Crippen molar-refractivity contribution >= 4 is 22.5 Å². The van der Waals surface area contributed by atoms with Gasteiger partial charge in [0.05, 0.1) is 29.3 Å². The molecule has 7 nitrogen and oxygen atoms in total. The van der Waals surface area contributed by atoms with E-state index in [4.69, 9.17) is 14.2 Å². The number of ether oxygens (including phenoxy) is 3. The van der Waals surface area contributed by atoms with Gasteiger partial charge in [-0.05, 0) is 61.6 Å². The van der Waals surface area contributed by atoms with Crippen molar-refractivity contribution in [1.29, 1.82) is 0 Å². The van der Waals surface area contributed by atoms with Gasteiger partial charge in [-0.15, -0.1) is 0 Å². The molecule has 40 heavy (non-hydrogen) atoms. The fraction of sp³-hybridized carbons (Fsp3) is 0.333. The molecule has 0 amide bonds. The number of rotatable bonds is 10. The highest BCUT2D eigenvalue weighted by atomic mass is 16.6. The van der Waals surface area contributed by atoms with E-state index >= 15 is 0 Å². The number of carbonyl (C=O) groups is 2. The maximum atomic E-state index is 13.1. The molecule has 1 saturated heterocycles. The molecule has 3 fully saturated rings. The molecule has 1 unspecified atom stereocenters. The van der Waals surface area contributed by atoms with Crippen molar-refractivity contribution in [2.45, 2.75) is 56.7 Å². The first-order chi connectivity index (χ1) is 19.5. The van der Waals surface area contributed by atoms with Crippen LogP contribution in [-0.4, -0.2) is 39.8 Å². The lowest BCUT2D eigenvalue weighted by atomic mass is 9.89. The van der Waals surface area contributed by atoms with Gasteiger partial charge in [0.25, 0.3) is 0 Å². The predicted octanol–water partition coefficient (Wildman–Crippen LogP) is 5.83. The van der Waals surface area contributed by atoms with Crippen LogP contribution in [0.15, 0.2) is 79.1 Å². The highest BCUT2D eigenvalue weighted by Gasteiger charge is 2.54. The van der Waals surface area contributed by atoms with Crippen LogP contribution in [0.25, 0.3) is 10.9 Å². The van der Waals surface area contributed by atoms with Gasteiger partial charge in [0, 0.05) is 42.6 Å². The van der Waals surface area contributed by atoms with Gasteiger partial charge in [0.15, 0.2) is 11.6 Å². The van der Waals surface area contributed by atoms with Crippen molar-refractivity contribution in [3.8, 4) is 17.2 Å². The Balaban J connectivity index is 0.993. The van der Waals surface area contributed by atoms with Crippen molar-refractivity contribution in [1.82, 2.24) is 9.97 Å². The molecular weight excluding hydrogens is 504 g/mol. The zero-order valence-electron chi connectivity index (χ0n) is 22.2. The summed E-state index contributed by atoms with van der Waals surface area (Å²) in [6.07, 6.45) is 8.28. The highest BCUT2D eigenvalue weighted by Crippen LogP contribution is 2.49. The summed E-state index contributed by atoms with van der Waals surface area (Å²) < 4.78 is 18.2. The molecule has 1 spiro atoms. The number of benzene rings is 2. The van der Waals surface area contributed by atoms with Gasteiger partial charge in [-0.1, -0.05) is 30.3 Å². The molecule has 0 bridgehead atoms. The van der Waals surface area contributed by atoms with E-state index in [0.717, 1.165) is 41.5 Å². The third-order valence-electron chi connectivity index (χ3n) is 8.35. The molecule has 2 aromatic carbocycles. The van der Waals surface area contributed by atoms with Gasteiger partial charge in [-0.2, -0.15) is 0 Å². The van der Waals surface area contributed by atoms with E-state index in [2.05, 4.69) is 9.97 Å². The normalized spacial score (nSPS) is 19.9. The van der Waals surface area contributed by atoms with Crippen molar-refractivity contribution in [2.24, 2.45) is 5.41 Å². The van der Waals surface area contributed by atoms with Crippen LogP contribution in [0.3, 0.4) is 0 Å². The summed E-state index contributed by atoms with van der Waals surface area (Å²) in [6, 6.07) is 20.8. The van der Waals surface area contributed by atoms with Gasteiger partial charge in [0.2, 0.25) is 0 Å². The van der Waals surface area contributed by atoms with Gasteiger partial charge in [-0.3, -0.25) is 19.6 Å². The number of nitrogens with zero attached hydrogens (tertiary/aromatic N) is 2. The zero-order chi connectivity index (χ0) is 27.2. The number of hydrogen-bond acceptors (Lipinski definition) is 7. The van der Waals surface area contributed by atoms with Crippen LogP contribution in [-0.2, 0) is 27.2 Å². The van der Waals surface area contributed by atoms with Crippen LogP contribution in [0.1, 0.15) is 43.4 Å². The summed E-state index contributed by atoms with van der Waals surface area (Å²) in [5.74, 6) is 1.94. The Hall–Kier alpha value is -4.10. The summed E-state index contributed by atoms with van der Waals surface area (Å²) in [5, 5.41) is 0.864. The van der Waals surface area contributed by atoms with Crippen LogP contribution >= 0.6 is 0 Å². The molecule has 4 aromatic rings. The molecule has 2 saturated carbocycles. The molecule has 3 heterocycles. The lowest BCUT2D eigenvalue weighted by molar-refractivity contribution is -0.133. The largest absolute Gasteiger partial charge is 0.488 e. The number of Topliss-reactive ketones (excluding diaryl/α,β-unsaturated/α-hetero) is 2. The Kier molecular flexibility index (Phi) is 6.12. The molecule has 2 aliphatic carbocycles. The average molecular weight is 535 g/mol. The third kappa shape index (κ3) is 4.97. The number of ketones is 2. The van der Waals surface area contributed by atoms with Gasteiger partial charge >= 0.3 is 0 Å². The molecule has 0 radical (unpaired) electrons. The van der Waals surface area contributed by atoms with Gasteiger partial charge in [0.1, 0.15) is 23.4 Å². The topological polar surface area (TPSA) is 87.6 Å². The summed E-state index contributed by atoms with van der Waals surface area (Å²) in [5.41, 5.74) is 1.57. The predicted molar refractivity (Wildman–Crippen MR) is 149 cm³/mol. The van der Waals surface area contributed by atoms with E-state index < -0.39 is 5.41 Å². The highest BCUT2D eigenvalue weighted by molar-refractivity contribution is 6.10. The first-order valence-corrected chi connectivity index (χ1v) is 13.9. The Bertz CT molecular complexity index is 1580. The second-order valence-corrected chi connectivity index (χ2v) is 11.3. The zero-order valence-corrected chi connectivity index (χ0v) is 22.2. The van der Waals surface area contributed by atoms with E-state index in [1.54, 1.807) is 24.5 Å². The fourth-order valence-electron chi connectivity index (χ4n) is 5.65. The molecule has 1 atom stereocenters. The molecule has 7 rings (SSSR count). The van der Waals surface area contributed by atoms with Crippen LogP contribution in [0.4, 0.5) is 0 Å². The lowest BCUT2D eigenvalue weighted by Gasteiger charge is -2.14. The fourth-order valence-corrected chi connectivity index (χ4v) is 5.65. The smallest absolute Gasteiger partial charge is 0.152 e. The average Bonchev–Trinajstić information content (AvgIpc) is 3.88. The standard InChI is InChI=1S/C33H30N2O5/c36-30(16-22-4-2-1-3-5-22)33(13-14-33)31(37)17-23-6-7-25(20-35-23)40-29-10-15-34-28-18-24(8-9-27(28)29)39-26-19-32(11-12-32)38-21-26/h1-10,15,18,20,26H,11-14,16-17,19,21H2. The Labute approximate surface area is 232 Å². The molecule has 3 aliphatic rings. The van der Waals surface area contributed by atoms with Gasteiger partial charge in [-0.25, -0.2) is 0 Å². The maximum Gasteiger partial charge on any atom is 0.152 e. The van der Waals surface area contributed by atoms with Crippen molar-refractivity contribution in [3.63, 3.8) is 0 Å². The van der Waals surface area contributed by atoms with E-state index in [-0.39, 0.29) is 36.1 Å². The number of carbonyl (C=O) groups excluding carboxylic acids is 2. The number of fused-ring (bicyclic) bond motifs is 1. The number of aromatic nitrogens is 2. The first kappa shape index (κ1) is 24.9. The minimum absolute atomic E-state index is 0.00480. The quantitative estimate of drug-likeness (QED) is 0.237. The summed E-state index contributed by atoms with van der Waals surface area (Å²) in [6.45, 7) is 0.633. The van der Waals surface area contributed by atoms with E-state index in [9.17, 15) is 9.59 Å². The van der Waals surface area contributed by atoms with Crippen LogP contribution < -0.4 is 9.47 Å². The monoisotopic (exact) mass is 534 g/mol. The maximum absolute atomic E-state index is 13.1. The first-order valence-electron chi connectivity index (χ1n) is 13.9. The Morgan fingerprint density at radius 1 is 0.875 bits per heavy atom. The Morgan fingerprint density at radius 2 is 1.68 bits per heavy atom. The minimum atomic E-state index is -0.852. The molecule has 2 aromatic heterocycles. The summed E-state index contributed by atoms with van der Waals surface area (Å²) in [7, 11) is 0. The molecular formula is C33H30N2O5. The second kappa shape index (κ2) is 9.82. The van der Waals surface area contributed by atoms with Crippen LogP contribution in [0, 0.1) is 5.41 Å². The summed E-state index contributed by atoms with van der Waals surface area (Å²) in [4.78, 5) is 35.0. The van der Waals surface area contributed by atoms with E-state index in [0.29, 0.717) is 36.6 Å². The molecule has 7 heteroatoms. The summed E-state index contributed by atoms with van der Waals surface area (Å²) >= 11 is 0. The van der Waals surface area contributed by atoms with E-state index in [1.807, 2.05) is 54.6 Å². The van der Waals surface area contributed by atoms with Crippen LogP contribution in [0.5, 0.6) is 17.2 Å². The van der Waals surface area contributed by atoms with Gasteiger partial charge < -0.3 is 14.2 Å². The third-order valence-corrected chi connectivity index (χ3v) is 8.35. The number of hydrogen-bond donors (Lipinski definition) is 0. The molecule has 0 N–H and O–H groups in total. The Morgan fingerprint density at radius 3 is 2.40 bits per heavy atom. The SMILES string of the molecule is O=C(Cc1ccccc1)C1(C(=O)Cc2ccc(Oc3ccnc4cc(OC5COC6(CC6)C5)ccc34)cn2)CC1. The molecule has 1 aliphatic heterocycles.